The zero-order valence-electron chi connectivity index (χ0n) is 21.2. The molecule has 8 heteroatoms. The van der Waals surface area contributed by atoms with E-state index in [9.17, 15) is 19.2 Å². The molecule has 8 nitrogen and oxygen atoms in total. The van der Waals surface area contributed by atoms with E-state index in [0.29, 0.717) is 10.6 Å². The molecule has 0 atom stereocenters. The minimum atomic E-state index is -0.847. The second kappa shape index (κ2) is 9.20. The fraction of sp³-hybridized carbons (Fsp3) is 0.125. The van der Waals surface area contributed by atoms with Crippen molar-refractivity contribution in [1.82, 2.24) is 9.96 Å². The number of amides is 3. The number of hydrogen-bond donors (Lipinski definition) is 0. The molecule has 3 amide bonds. The molecule has 0 N–H and O–H groups in total. The van der Waals surface area contributed by atoms with Gasteiger partial charge in [0, 0.05) is 12.5 Å². The number of fused-ring (bicyclic) bond motifs is 5. The largest absolute Gasteiger partial charge is 0.448 e. The van der Waals surface area contributed by atoms with Crippen LogP contribution >= 0.6 is 0 Å². The molecule has 0 spiro atoms. The van der Waals surface area contributed by atoms with Gasteiger partial charge in [-0.15, -0.1) is 0 Å². The molecule has 0 saturated heterocycles. The normalized spacial score (nSPS) is 15.0. The van der Waals surface area contributed by atoms with E-state index in [1.165, 1.54) is 17.0 Å². The Bertz CT molecular complexity index is 1660. The molecule has 0 radical (unpaired) electrons. The molecule has 2 heterocycles. The fourth-order valence-electron chi connectivity index (χ4n) is 5.81. The predicted octanol–water partition coefficient (Wildman–Crippen LogP) is 5.32. The molecule has 4 aromatic carbocycles. The molecule has 0 saturated carbocycles. The third-order valence-electron chi connectivity index (χ3n) is 7.73. The van der Waals surface area contributed by atoms with Crippen molar-refractivity contribution in [2.45, 2.75) is 19.0 Å². The Hall–Kier alpha value is -5.24. The van der Waals surface area contributed by atoms with Gasteiger partial charge in [0.25, 0.3) is 11.8 Å². The second-order valence-electron chi connectivity index (χ2n) is 9.93. The van der Waals surface area contributed by atoms with E-state index in [2.05, 4.69) is 24.3 Å². The van der Waals surface area contributed by atoms with Crippen molar-refractivity contribution < 1.29 is 28.8 Å². The molecule has 40 heavy (non-hydrogen) atoms. The number of rotatable bonds is 4. The maximum Gasteiger partial charge on any atom is 0.410 e. The van der Waals surface area contributed by atoms with Gasteiger partial charge in [-0.2, -0.15) is 0 Å². The van der Waals surface area contributed by atoms with Crippen LogP contribution in [-0.4, -0.2) is 40.4 Å². The van der Waals surface area contributed by atoms with Crippen LogP contribution in [0.5, 0.6) is 0 Å². The first kappa shape index (κ1) is 23.8. The summed E-state index contributed by atoms with van der Waals surface area (Å²) in [7, 11) is 0. The summed E-state index contributed by atoms with van der Waals surface area (Å²) in [5.41, 5.74) is 6.45. The van der Waals surface area contributed by atoms with E-state index in [1.54, 1.807) is 24.3 Å². The van der Waals surface area contributed by atoms with Crippen molar-refractivity contribution in [2.75, 3.05) is 6.61 Å². The minimum absolute atomic E-state index is 0.0634. The van der Waals surface area contributed by atoms with Crippen LogP contribution in [0.3, 0.4) is 0 Å². The Morgan fingerprint density at radius 3 is 1.90 bits per heavy atom. The first-order valence-electron chi connectivity index (χ1n) is 12.9. The van der Waals surface area contributed by atoms with Crippen LogP contribution in [0.4, 0.5) is 4.79 Å². The Morgan fingerprint density at radius 1 is 0.700 bits per heavy atom. The van der Waals surface area contributed by atoms with E-state index in [0.717, 1.165) is 27.8 Å². The summed E-state index contributed by atoms with van der Waals surface area (Å²) < 4.78 is 5.80. The number of nitrogens with zero attached hydrogens (tertiary/aromatic N) is 2. The van der Waals surface area contributed by atoms with Crippen molar-refractivity contribution >= 4 is 23.9 Å². The lowest BCUT2D eigenvalue weighted by Gasteiger charge is -2.19. The van der Waals surface area contributed by atoms with E-state index in [1.807, 2.05) is 30.3 Å². The molecule has 7 rings (SSSR count). The van der Waals surface area contributed by atoms with E-state index < -0.39 is 23.9 Å². The molecule has 0 unspecified atom stereocenters. The third kappa shape index (κ3) is 3.68. The first-order valence-corrected chi connectivity index (χ1v) is 12.9. The highest BCUT2D eigenvalue weighted by Gasteiger charge is 2.40. The molecule has 1 aliphatic carbocycles. The maximum absolute atomic E-state index is 13.2. The van der Waals surface area contributed by atoms with E-state index in [4.69, 9.17) is 9.57 Å². The standard InChI is InChI=1S/C32H22N2O6/c35-29-24-13-5-6-14-25(24)30(36)34(29)40-31(37)26-15-7-8-19-16-33(17-27(19)26)32(38)39-18-28-22-11-3-1-9-20(22)21-10-2-4-12-23(21)28/h1-15,28H,16-18H2. The van der Waals surface area contributed by atoms with Crippen molar-refractivity contribution in [1.29, 1.82) is 0 Å². The highest BCUT2D eigenvalue weighted by Crippen LogP contribution is 2.44. The molecule has 0 aromatic heterocycles. The van der Waals surface area contributed by atoms with Crippen LogP contribution in [-0.2, 0) is 22.7 Å². The van der Waals surface area contributed by atoms with Crippen LogP contribution in [0.2, 0.25) is 0 Å². The number of hydrogen-bond acceptors (Lipinski definition) is 6. The monoisotopic (exact) mass is 530 g/mol. The van der Waals surface area contributed by atoms with Crippen LogP contribution in [0.1, 0.15) is 59.2 Å². The van der Waals surface area contributed by atoms with E-state index >= 15 is 0 Å². The van der Waals surface area contributed by atoms with Gasteiger partial charge in [0.15, 0.2) is 0 Å². The Balaban J connectivity index is 1.05. The van der Waals surface area contributed by atoms with Gasteiger partial charge in [0.2, 0.25) is 0 Å². The molecular formula is C32H22N2O6. The van der Waals surface area contributed by atoms with Gasteiger partial charge in [0.05, 0.1) is 23.2 Å². The van der Waals surface area contributed by atoms with Gasteiger partial charge in [-0.05, 0) is 51.6 Å². The zero-order valence-corrected chi connectivity index (χ0v) is 21.2. The first-order chi connectivity index (χ1) is 19.5. The van der Waals surface area contributed by atoms with Crippen molar-refractivity contribution in [3.63, 3.8) is 0 Å². The lowest BCUT2D eigenvalue weighted by atomic mass is 9.98. The highest BCUT2D eigenvalue weighted by atomic mass is 16.7. The van der Waals surface area contributed by atoms with Gasteiger partial charge in [-0.1, -0.05) is 77.9 Å². The number of carbonyl (C=O) groups is 4. The topological polar surface area (TPSA) is 93.2 Å². The average molecular weight is 531 g/mol. The molecule has 0 bridgehead atoms. The number of benzene rings is 4. The van der Waals surface area contributed by atoms with Gasteiger partial charge < -0.3 is 9.57 Å². The second-order valence-corrected chi connectivity index (χ2v) is 9.93. The van der Waals surface area contributed by atoms with Gasteiger partial charge in [0.1, 0.15) is 6.61 Å². The molecule has 2 aliphatic heterocycles. The fourth-order valence-corrected chi connectivity index (χ4v) is 5.81. The Morgan fingerprint density at radius 2 is 1.27 bits per heavy atom. The van der Waals surface area contributed by atoms with Gasteiger partial charge in [-0.25, -0.2) is 9.59 Å². The Labute approximate surface area is 229 Å². The average Bonchev–Trinajstić information content (AvgIpc) is 3.64. The van der Waals surface area contributed by atoms with Crippen LogP contribution in [0, 0.1) is 0 Å². The summed E-state index contributed by atoms with van der Waals surface area (Å²) in [5.74, 6) is -2.30. The highest BCUT2D eigenvalue weighted by molar-refractivity contribution is 6.21. The number of hydroxylamine groups is 2. The summed E-state index contributed by atoms with van der Waals surface area (Å²) in [5, 5.41) is 0.491. The number of ether oxygens (including phenoxy) is 1. The number of imide groups is 1. The van der Waals surface area contributed by atoms with Crippen molar-refractivity contribution in [2.24, 2.45) is 0 Å². The summed E-state index contributed by atoms with van der Waals surface area (Å²) >= 11 is 0. The van der Waals surface area contributed by atoms with E-state index in [-0.39, 0.29) is 42.3 Å². The SMILES string of the molecule is O=C(ON1C(=O)c2ccccc2C1=O)c1cccc2c1CN(C(=O)OCC1c3ccccc3-c3ccccc31)C2. The molecular weight excluding hydrogens is 508 g/mol. The maximum atomic E-state index is 13.2. The molecule has 4 aromatic rings. The van der Waals surface area contributed by atoms with Crippen LogP contribution in [0.25, 0.3) is 11.1 Å². The van der Waals surface area contributed by atoms with Crippen molar-refractivity contribution in [3.8, 4) is 11.1 Å². The van der Waals surface area contributed by atoms with Gasteiger partial charge in [-0.3, -0.25) is 14.5 Å². The smallest absolute Gasteiger partial charge is 0.410 e. The van der Waals surface area contributed by atoms with Gasteiger partial charge >= 0.3 is 12.1 Å². The van der Waals surface area contributed by atoms with Crippen molar-refractivity contribution in [3.05, 3.63) is 130 Å². The quantitative estimate of drug-likeness (QED) is 0.332. The molecule has 0 fully saturated rings. The summed E-state index contributed by atoms with van der Waals surface area (Å²) in [4.78, 5) is 58.3. The summed E-state index contributed by atoms with van der Waals surface area (Å²) in [6.07, 6.45) is -0.488. The third-order valence-corrected chi connectivity index (χ3v) is 7.73. The summed E-state index contributed by atoms with van der Waals surface area (Å²) in [6, 6.07) is 27.6. The summed E-state index contributed by atoms with van der Waals surface area (Å²) in [6.45, 7) is 0.591. The Kier molecular flexibility index (Phi) is 5.48. The molecule has 196 valence electrons. The predicted molar refractivity (Wildman–Crippen MR) is 143 cm³/mol. The zero-order chi connectivity index (χ0) is 27.4. The van der Waals surface area contributed by atoms with Crippen LogP contribution < -0.4 is 0 Å². The number of carbonyl (C=O) groups excluding carboxylic acids is 4. The van der Waals surface area contributed by atoms with Crippen LogP contribution in [0.15, 0.2) is 91.0 Å². The molecule has 3 aliphatic rings. The lowest BCUT2D eigenvalue weighted by Crippen LogP contribution is -2.33. The lowest BCUT2D eigenvalue weighted by molar-refractivity contribution is -0.0585. The minimum Gasteiger partial charge on any atom is -0.448 e.